The van der Waals surface area contributed by atoms with Crippen LogP contribution in [0.1, 0.15) is 0 Å². The number of aliphatic carboxylic acids is 2. The topological polar surface area (TPSA) is 87.0 Å². The average molecular weight is 169 g/mol. The van der Waals surface area contributed by atoms with Gasteiger partial charge in [-0.1, -0.05) is 6.08 Å². The van der Waals surface area contributed by atoms with Crippen molar-refractivity contribution in [1.82, 2.24) is 0 Å². The van der Waals surface area contributed by atoms with Crippen LogP contribution in [-0.2, 0) is 9.59 Å². The van der Waals surface area contributed by atoms with Gasteiger partial charge in [-0.2, -0.15) is 0 Å². The van der Waals surface area contributed by atoms with E-state index in [1.165, 1.54) is 18.4 Å². The first-order valence-electron chi connectivity index (χ1n) is 3.28. The van der Waals surface area contributed by atoms with E-state index < -0.39 is 23.9 Å². The van der Waals surface area contributed by atoms with Gasteiger partial charge in [-0.05, 0) is 6.08 Å². The third-order valence-electron chi connectivity index (χ3n) is 1.53. The Hall–Kier alpha value is -1.65. The quantitative estimate of drug-likeness (QED) is 0.598. The summed E-state index contributed by atoms with van der Waals surface area (Å²) in [6.45, 7) is 0. The molecule has 0 saturated heterocycles. The third-order valence-corrected chi connectivity index (χ3v) is 1.53. The van der Waals surface area contributed by atoms with Gasteiger partial charge < -0.3 is 10.2 Å². The molecule has 0 fully saturated rings. The van der Waals surface area contributed by atoms with E-state index in [1.807, 2.05) is 0 Å². The van der Waals surface area contributed by atoms with E-state index in [0.717, 1.165) is 0 Å². The summed E-state index contributed by atoms with van der Waals surface area (Å²) < 4.78 is 0. The van der Waals surface area contributed by atoms with Crippen LogP contribution >= 0.6 is 0 Å². The van der Waals surface area contributed by atoms with Crippen LogP contribution in [0, 0.1) is 5.92 Å². The van der Waals surface area contributed by atoms with Gasteiger partial charge in [0.25, 0.3) is 0 Å². The molecule has 1 heterocycles. The molecule has 0 radical (unpaired) electrons. The Bertz CT molecular complexity index is 241. The predicted octanol–water partition coefficient (Wildman–Crippen LogP) is -0.219. The molecule has 0 bridgehead atoms. The van der Waals surface area contributed by atoms with Crippen molar-refractivity contribution < 1.29 is 19.8 Å². The van der Waals surface area contributed by atoms with Crippen LogP contribution in [-0.4, -0.2) is 34.4 Å². The van der Waals surface area contributed by atoms with Gasteiger partial charge in [0.2, 0.25) is 0 Å². The van der Waals surface area contributed by atoms with Gasteiger partial charge in [0, 0.05) is 6.21 Å². The molecule has 12 heavy (non-hydrogen) atoms. The summed E-state index contributed by atoms with van der Waals surface area (Å²) in [7, 11) is 0. The van der Waals surface area contributed by atoms with Crippen molar-refractivity contribution in [3.05, 3.63) is 12.2 Å². The smallest absolute Gasteiger partial charge is 0.329 e. The van der Waals surface area contributed by atoms with E-state index in [1.54, 1.807) is 0 Å². The van der Waals surface area contributed by atoms with Gasteiger partial charge in [-0.3, -0.25) is 9.79 Å². The molecular formula is C7H7NO4. The minimum atomic E-state index is -1.22. The van der Waals surface area contributed by atoms with Crippen molar-refractivity contribution >= 4 is 18.2 Å². The average Bonchev–Trinajstić information content (AvgIpc) is 2.04. The Morgan fingerprint density at radius 3 is 2.33 bits per heavy atom. The fourth-order valence-corrected chi connectivity index (χ4v) is 0.945. The number of allylic oxidation sites excluding steroid dienone is 1. The second-order valence-electron chi connectivity index (χ2n) is 2.33. The van der Waals surface area contributed by atoms with Crippen LogP contribution < -0.4 is 0 Å². The normalized spacial score (nSPS) is 27.0. The number of carboxylic acids is 2. The number of hydrogen-bond donors (Lipinski definition) is 2. The Morgan fingerprint density at radius 2 is 1.92 bits per heavy atom. The van der Waals surface area contributed by atoms with Gasteiger partial charge in [0.1, 0.15) is 5.92 Å². The fraction of sp³-hybridized carbons (Fsp3) is 0.286. The lowest BCUT2D eigenvalue weighted by Crippen LogP contribution is -2.33. The summed E-state index contributed by atoms with van der Waals surface area (Å²) in [5.41, 5.74) is 0. The van der Waals surface area contributed by atoms with Gasteiger partial charge in [0.15, 0.2) is 6.04 Å². The molecule has 64 valence electrons. The van der Waals surface area contributed by atoms with E-state index in [0.29, 0.717) is 0 Å². The molecule has 1 unspecified atom stereocenters. The van der Waals surface area contributed by atoms with Crippen LogP contribution in [0.2, 0.25) is 0 Å². The molecule has 1 aliphatic heterocycles. The summed E-state index contributed by atoms with van der Waals surface area (Å²) in [6.07, 6.45) is 4.03. The minimum absolute atomic E-state index is 1.05. The van der Waals surface area contributed by atoms with Gasteiger partial charge in [0.05, 0.1) is 0 Å². The molecule has 0 aromatic heterocycles. The fourth-order valence-electron chi connectivity index (χ4n) is 0.945. The Labute approximate surface area is 68.0 Å². The number of rotatable bonds is 2. The third kappa shape index (κ3) is 1.50. The molecule has 2 atom stereocenters. The Kier molecular flexibility index (Phi) is 2.23. The first-order chi connectivity index (χ1) is 5.63. The van der Waals surface area contributed by atoms with Crippen molar-refractivity contribution in [2.24, 2.45) is 10.9 Å². The highest BCUT2D eigenvalue weighted by atomic mass is 16.4. The zero-order chi connectivity index (χ0) is 9.14. The molecule has 1 rings (SSSR count). The summed E-state index contributed by atoms with van der Waals surface area (Å²) in [4.78, 5) is 24.5. The van der Waals surface area contributed by atoms with E-state index in [9.17, 15) is 9.59 Å². The molecular weight excluding hydrogens is 162 g/mol. The lowest BCUT2D eigenvalue weighted by Gasteiger charge is -2.14. The number of nitrogens with zero attached hydrogens (tertiary/aromatic N) is 1. The van der Waals surface area contributed by atoms with E-state index in [2.05, 4.69) is 4.99 Å². The summed E-state index contributed by atoms with van der Waals surface area (Å²) >= 11 is 0. The lowest BCUT2D eigenvalue weighted by atomic mass is 9.98. The Balaban J connectivity index is 2.85. The summed E-state index contributed by atoms with van der Waals surface area (Å²) in [5, 5.41) is 17.1. The second kappa shape index (κ2) is 3.17. The maximum absolute atomic E-state index is 10.5. The number of carboxylic acid groups (broad SMARTS) is 2. The molecule has 0 aliphatic carbocycles. The molecule has 0 aromatic carbocycles. The van der Waals surface area contributed by atoms with Crippen LogP contribution in [0.3, 0.4) is 0 Å². The number of carbonyl (C=O) groups is 2. The van der Waals surface area contributed by atoms with Crippen molar-refractivity contribution in [2.75, 3.05) is 0 Å². The SMILES string of the molecule is O=C(O)C1C=CC=N[C@@H]1C(=O)O. The number of aliphatic imine (C=N–C) groups is 1. The highest BCUT2D eigenvalue weighted by Gasteiger charge is 2.32. The van der Waals surface area contributed by atoms with Crippen LogP contribution in [0.15, 0.2) is 17.1 Å². The molecule has 0 aromatic rings. The maximum Gasteiger partial charge on any atom is 0.329 e. The zero-order valence-corrected chi connectivity index (χ0v) is 6.04. The van der Waals surface area contributed by atoms with Crippen LogP contribution in [0.5, 0.6) is 0 Å². The largest absolute Gasteiger partial charge is 0.481 e. The second-order valence-corrected chi connectivity index (χ2v) is 2.33. The minimum Gasteiger partial charge on any atom is -0.481 e. The van der Waals surface area contributed by atoms with Gasteiger partial charge >= 0.3 is 11.9 Å². The predicted molar refractivity (Wildman–Crippen MR) is 40.2 cm³/mol. The van der Waals surface area contributed by atoms with Crippen molar-refractivity contribution in [2.45, 2.75) is 6.04 Å². The van der Waals surface area contributed by atoms with Crippen molar-refractivity contribution in [1.29, 1.82) is 0 Å². The molecule has 2 N–H and O–H groups in total. The monoisotopic (exact) mass is 169 g/mol. The standard InChI is InChI=1S/C7H7NO4/c9-6(10)4-2-1-3-8-5(4)7(11)12/h1-5H,(H,9,10)(H,11,12)/t4?,5-/m0/s1. The molecule has 5 heteroatoms. The molecule has 5 nitrogen and oxygen atoms in total. The van der Waals surface area contributed by atoms with E-state index >= 15 is 0 Å². The summed E-state index contributed by atoms with van der Waals surface area (Å²) in [6, 6.07) is -1.19. The first-order valence-corrected chi connectivity index (χ1v) is 3.28. The number of dihydropyridines is 1. The highest BCUT2D eigenvalue weighted by molar-refractivity contribution is 5.89. The van der Waals surface area contributed by atoms with Gasteiger partial charge in [-0.25, -0.2) is 4.79 Å². The molecule has 1 aliphatic rings. The maximum atomic E-state index is 10.5. The zero-order valence-electron chi connectivity index (χ0n) is 6.04. The van der Waals surface area contributed by atoms with E-state index in [-0.39, 0.29) is 0 Å². The van der Waals surface area contributed by atoms with Crippen LogP contribution in [0.25, 0.3) is 0 Å². The highest BCUT2D eigenvalue weighted by Crippen LogP contribution is 2.13. The van der Waals surface area contributed by atoms with Crippen LogP contribution in [0.4, 0.5) is 0 Å². The van der Waals surface area contributed by atoms with E-state index in [4.69, 9.17) is 10.2 Å². The molecule has 0 spiro atoms. The van der Waals surface area contributed by atoms with Crippen molar-refractivity contribution in [3.8, 4) is 0 Å². The lowest BCUT2D eigenvalue weighted by molar-refractivity contribution is -0.148. The first kappa shape index (κ1) is 8.45. The Morgan fingerprint density at radius 1 is 1.25 bits per heavy atom. The summed E-state index contributed by atoms with van der Waals surface area (Å²) in [5.74, 6) is -3.44. The number of hydrogen-bond acceptors (Lipinski definition) is 3. The molecule has 0 amide bonds. The van der Waals surface area contributed by atoms with Crippen molar-refractivity contribution in [3.63, 3.8) is 0 Å². The molecule has 0 saturated carbocycles. The van der Waals surface area contributed by atoms with Gasteiger partial charge in [-0.15, -0.1) is 0 Å².